The van der Waals surface area contributed by atoms with E-state index < -0.39 is 23.7 Å². The minimum absolute atomic E-state index is 0.0817. The van der Waals surface area contributed by atoms with E-state index in [2.05, 4.69) is 5.32 Å². The molecule has 0 aliphatic carbocycles. The van der Waals surface area contributed by atoms with E-state index in [1.165, 1.54) is 6.07 Å². The second-order valence-corrected chi connectivity index (χ2v) is 4.57. The van der Waals surface area contributed by atoms with Crippen molar-refractivity contribution in [3.63, 3.8) is 0 Å². The van der Waals surface area contributed by atoms with Crippen molar-refractivity contribution in [3.8, 4) is 0 Å². The molecule has 0 aliphatic heterocycles. The predicted molar refractivity (Wildman–Crippen MR) is 67.3 cm³/mol. The summed E-state index contributed by atoms with van der Waals surface area (Å²) in [7, 11) is 0. The maximum absolute atomic E-state index is 12.5. The molecule has 0 aromatic heterocycles. The summed E-state index contributed by atoms with van der Waals surface area (Å²) in [4.78, 5) is 11.2. The number of amides is 1. The number of anilines is 2. The summed E-state index contributed by atoms with van der Waals surface area (Å²) in [6.07, 6.45) is -4.45. The number of halogens is 3. The number of benzene rings is 1. The van der Waals surface area contributed by atoms with E-state index in [4.69, 9.17) is 11.5 Å². The van der Waals surface area contributed by atoms with Gasteiger partial charge in [0, 0.05) is 0 Å². The van der Waals surface area contributed by atoms with Gasteiger partial charge in [-0.2, -0.15) is 13.2 Å². The molecule has 0 spiro atoms. The summed E-state index contributed by atoms with van der Waals surface area (Å²) in [6.45, 7) is 3.53. The van der Waals surface area contributed by atoms with Crippen LogP contribution in [0.15, 0.2) is 18.2 Å². The molecule has 0 saturated heterocycles. The van der Waals surface area contributed by atoms with Gasteiger partial charge in [0.1, 0.15) is 6.04 Å². The molecular weight excluding hydrogens is 259 g/mol. The zero-order chi connectivity index (χ0) is 14.8. The van der Waals surface area contributed by atoms with Gasteiger partial charge < -0.3 is 16.8 Å². The third kappa shape index (κ3) is 3.77. The van der Waals surface area contributed by atoms with Crippen LogP contribution in [0, 0.1) is 5.92 Å². The predicted octanol–water partition coefficient (Wildman–Crippen LogP) is 2.21. The Balaban J connectivity index is 3.00. The lowest BCUT2D eigenvalue weighted by molar-refractivity contribution is -0.137. The number of nitrogens with two attached hydrogens (primary N) is 2. The van der Waals surface area contributed by atoms with E-state index in [9.17, 15) is 18.0 Å². The van der Waals surface area contributed by atoms with Crippen LogP contribution in [0.4, 0.5) is 24.5 Å². The highest BCUT2D eigenvalue weighted by Gasteiger charge is 2.31. The minimum atomic E-state index is -4.45. The average Bonchev–Trinajstić information content (AvgIpc) is 2.24. The summed E-state index contributed by atoms with van der Waals surface area (Å²) in [5.41, 5.74) is 10.1. The first-order valence-electron chi connectivity index (χ1n) is 5.65. The topological polar surface area (TPSA) is 81.1 Å². The van der Waals surface area contributed by atoms with Crippen molar-refractivity contribution < 1.29 is 18.0 Å². The molecule has 1 atom stereocenters. The van der Waals surface area contributed by atoms with E-state index in [-0.39, 0.29) is 17.3 Å². The van der Waals surface area contributed by atoms with Gasteiger partial charge >= 0.3 is 6.18 Å². The van der Waals surface area contributed by atoms with E-state index >= 15 is 0 Å². The molecule has 1 aromatic carbocycles. The number of nitrogens with one attached hydrogen (secondary N) is 1. The van der Waals surface area contributed by atoms with Gasteiger partial charge in [0.15, 0.2) is 0 Å². The molecule has 5 N–H and O–H groups in total. The summed E-state index contributed by atoms with van der Waals surface area (Å²) in [5, 5.41) is 2.76. The van der Waals surface area contributed by atoms with Gasteiger partial charge in [-0.1, -0.05) is 13.8 Å². The second-order valence-electron chi connectivity index (χ2n) is 4.57. The molecule has 1 aromatic rings. The van der Waals surface area contributed by atoms with Crippen molar-refractivity contribution in [2.75, 3.05) is 11.1 Å². The third-order valence-corrected chi connectivity index (χ3v) is 2.66. The molecule has 0 fully saturated rings. The van der Waals surface area contributed by atoms with Crippen LogP contribution in [0.2, 0.25) is 0 Å². The van der Waals surface area contributed by atoms with Gasteiger partial charge in [-0.05, 0) is 24.1 Å². The van der Waals surface area contributed by atoms with Gasteiger partial charge in [-0.15, -0.1) is 0 Å². The van der Waals surface area contributed by atoms with E-state index in [1.54, 1.807) is 13.8 Å². The van der Waals surface area contributed by atoms with E-state index in [0.29, 0.717) is 0 Å². The lowest BCUT2D eigenvalue weighted by atomic mass is 10.0. The van der Waals surface area contributed by atoms with Gasteiger partial charge in [-0.25, -0.2) is 0 Å². The highest BCUT2D eigenvalue weighted by molar-refractivity contribution is 5.84. The first-order chi connectivity index (χ1) is 8.62. The van der Waals surface area contributed by atoms with Crippen LogP contribution in [0.25, 0.3) is 0 Å². The Hall–Kier alpha value is -1.92. The number of carbonyl (C=O) groups is 1. The number of hydrogen-bond acceptors (Lipinski definition) is 3. The van der Waals surface area contributed by atoms with Crippen molar-refractivity contribution in [1.29, 1.82) is 0 Å². The largest absolute Gasteiger partial charge is 0.416 e. The number of nitrogen functional groups attached to an aromatic ring is 1. The molecular formula is C12H16F3N3O. The molecule has 0 saturated carbocycles. The van der Waals surface area contributed by atoms with Crippen LogP contribution in [-0.2, 0) is 11.0 Å². The Bertz CT molecular complexity index is 472. The third-order valence-electron chi connectivity index (χ3n) is 2.66. The molecule has 7 heteroatoms. The maximum Gasteiger partial charge on any atom is 0.416 e. The fourth-order valence-corrected chi connectivity index (χ4v) is 1.60. The Labute approximate surface area is 109 Å². The Kier molecular flexibility index (Phi) is 4.28. The zero-order valence-corrected chi connectivity index (χ0v) is 10.6. The molecule has 0 heterocycles. The summed E-state index contributed by atoms with van der Waals surface area (Å²) < 4.78 is 37.4. The second kappa shape index (κ2) is 5.38. The fourth-order valence-electron chi connectivity index (χ4n) is 1.60. The van der Waals surface area contributed by atoms with Crippen molar-refractivity contribution in [2.45, 2.75) is 26.1 Å². The smallest absolute Gasteiger partial charge is 0.397 e. The quantitative estimate of drug-likeness (QED) is 0.737. The van der Waals surface area contributed by atoms with E-state index in [0.717, 1.165) is 12.1 Å². The maximum atomic E-state index is 12.5. The van der Waals surface area contributed by atoms with Gasteiger partial charge in [0.05, 0.1) is 16.9 Å². The number of rotatable bonds is 4. The highest BCUT2D eigenvalue weighted by atomic mass is 19.4. The molecule has 1 amide bonds. The molecule has 106 valence electrons. The Morgan fingerprint density at radius 3 is 2.26 bits per heavy atom. The molecule has 0 radical (unpaired) electrons. The summed E-state index contributed by atoms with van der Waals surface area (Å²) >= 11 is 0. The SMILES string of the molecule is CC(C)C(Nc1ccc(C(F)(F)F)cc1N)C(N)=O. The Morgan fingerprint density at radius 1 is 1.32 bits per heavy atom. The normalized spacial score (nSPS) is 13.4. The van der Waals surface area contributed by atoms with Crippen LogP contribution in [0.3, 0.4) is 0 Å². The fraction of sp³-hybridized carbons (Fsp3) is 0.417. The number of carbonyl (C=O) groups excluding carboxylic acids is 1. The Morgan fingerprint density at radius 2 is 1.89 bits per heavy atom. The molecule has 1 rings (SSSR count). The van der Waals surface area contributed by atoms with Gasteiger partial charge in [0.25, 0.3) is 0 Å². The van der Waals surface area contributed by atoms with Crippen LogP contribution in [0.5, 0.6) is 0 Å². The van der Waals surface area contributed by atoms with E-state index in [1.807, 2.05) is 0 Å². The number of alkyl halides is 3. The summed E-state index contributed by atoms with van der Waals surface area (Å²) in [6, 6.07) is 2.22. The van der Waals surface area contributed by atoms with Gasteiger partial charge in [0.2, 0.25) is 5.91 Å². The van der Waals surface area contributed by atoms with Gasteiger partial charge in [-0.3, -0.25) is 4.79 Å². The number of hydrogen-bond donors (Lipinski definition) is 3. The van der Waals surface area contributed by atoms with Crippen LogP contribution in [0.1, 0.15) is 19.4 Å². The van der Waals surface area contributed by atoms with Crippen molar-refractivity contribution in [3.05, 3.63) is 23.8 Å². The van der Waals surface area contributed by atoms with Crippen LogP contribution in [-0.4, -0.2) is 11.9 Å². The molecule has 0 aliphatic rings. The van der Waals surface area contributed by atoms with Crippen LogP contribution >= 0.6 is 0 Å². The average molecular weight is 275 g/mol. The monoisotopic (exact) mass is 275 g/mol. The highest BCUT2D eigenvalue weighted by Crippen LogP contribution is 2.33. The molecule has 4 nitrogen and oxygen atoms in total. The van der Waals surface area contributed by atoms with Crippen molar-refractivity contribution >= 4 is 17.3 Å². The minimum Gasteiger partial charge on any atom is -0.397 e. The lowest BCUT2D eigenvalue weighted by Crippen LogP contribution is -2.39. The standard InChI is InChI=1S/C12H16F3N3O/c1-6(2)10(11(17)19)18-9-4-3-7(5-8(9)16)12(13,14)15/h3-6,10,18H,16H2,1-2H3,(H2,17,19). The lowest BCUT2D eigenvalue weighted by Gasteiger charge is -2.21. The van der Waals surface area contributed by atoms with Crippen molar-refractivity contribution in [2.24, 2.45) is 11.7 Å². The summed E-state index contributed by atoms with van der Waals surface area (Å²) in [5.74, 6) is -0.700. The first kappa shape index (κ1) is 15.1. The molecule has 1 unspecified atom stereocenters. The molecule has 0 bridgehead atoms. The zero-order valence-electron chi connectivity index (χ0n) is 10.6. The molecule has 19 heavy (non-hydrogen) atoms. The van der Waals surface area contributed by atoms with Crippen molar-refractivity contribution in [1.82, 2.24) is 0 Å². The van der Waals surface area contributed by atoms with Crippen LogP contribution < -0.4 is 16.8 Å². The first-order valence-corrected chi connectivity index (χ1v) is 5.65. The number of primary amides is 1.